The van der Waals surface area contributed by atoms with Crippen LogP contribution in [0.1, 0.15) is 19.8 Å². The van der Waals surface area contributed by atoms with Crippen LogP contribution in [0.15, 0.2) is 12.2 Å². The summed E-state index contributed by atoms with van der Waals surface area (Å²) in [6.45, 7) is 1.46. The van der Waals surface area contributed by atoms with Crippen molar-refractivity contribution in [2.24, 2.45) is 0 Å². The predicted molar refractivity (Wildman–Crippen MR) is 91.5 cm³/mol. The second-order valence-corrected chi connectivity index (χ2v) is 5.39. The first-order chi connectivity index (χ1) is 12.8. The first kappa shape index (κ1) is 21.6. The molecule has 0 aromatic heterocycles. The number of amides is 7. The molecule has 0 saturated heterocycles. The average Bonchev–Trinajstić information content (AvgIpc) is 2.97. The molecule has 148 valence electrons. The smallest absolute Gasteiger partial charge is 0.333 e. The number of hydrogen-bond acceptors (Lipinski definition) is 6. The van der Waals surface area contributed by atoms with Gasteiger partial charge in [0.15, 0.2) is 0 Å². The maximum absolute atomic E-state index is 11.6. The highest BCUT2D eigenvalue weighted by atomic mass is 16.2. The zero-order chi connectivity index (χ0) is 20.2. The summed E-state index contributed by atoms with van der Waals surface area (Å²) >= 11 is 0. The summed E-state index contributed by atoms with van der Waals surface area (Å²) in [4.78, 5) is 69.4. The molecule has 1 heterocycles. The molecule has 1 aliphatic rings. The molecule has 12 nitrogen and oxygen atoms in total. The number of hydrogen-bond donors (Lipinski definition) is 5. The van der Waals surface area contributed by atoms with E-state index in [1.54, 1.807) is 0 Å². The number of imide groups is 1. The first-order valence-corrected chi connectivity index (χ1v) is 8.23. The number of carbonyl (C=O) groups excluding carboxylic acids is 6. The van der Waals surface area contributed by atoms with Gasteiger partial charge in [0.25, 0.3) is 17.7 Å². The van der Waals surface area contributed by atoms with Crippen LogP contribution in [0.2, 0.25) is 0 Å². The van der Waals surface area contributed by atoms with Crippen molar-refractivity contribution in [3.05, 3.63) is 12.2 Å². The number of rotatable bonds is 9. The number of nitrogens with zero attached hydrogens (tertiary/aromatic N) is 1. The van der Waals surface area contributed by atoms with Gasteiger partial charge in [-0.2, -0.15) is 0 Å². The van der Waals surface area contributed by atoms with E-state index in [0.29, 0.717) is 6.54 Å². The van der Waals surface area contributed by atoms with Crippen LogP contribution in [-0.2, 0) is 24.0 Å². The van der Waals surface area contributed by atoms with Crippen molar-refractivity contribution in [3.63, 3.8) is 0 Å². The topological polar surface area (TPSA) is 166 Å². The lowest BCUT2D eigenvalue weighted by atomic mass is 10.3. The van der Waals surface area contributed by atoms with Gasteiger partial charge in [-0.3, -0.25) is 34.3 Å². The Morgan fingerprint density at radius 2 is 1.44 bits per heavy atom. The molecule has 0 fully saturated rings. The van der Waals surface area contributed by atoms with E-state index >= 15 is 0 Å². The predicted octanol–water partition coefficient (Wildman–Crippen LogP) is -2.73. The van der Waals surface area contributed by atoms with Gasteiger partial charge < -0.3 is 16.0 Å². The minimum absolute atomic E-state index is 0.0910. The van der Waals surface area contributed by atoms with E-state index in [-0.39, 0.29) is 19.5 Å². The highest BCUT2D eigenvalue weighted by Crippen LogP contribution is 2.03. The molecule has 27 heavy (non-hydrogen) atoms. The van der Waals surface area contributed by atoms with E-state index in [0.717, 1.165) is 23.5 Å². The van der Waals surface area contributed by atoms with Gasteiger partial charge in [-0.15, -0.1) is 0 Å². The minimum atomic E-state index is -0.653. The van der Waals surface area contributed by atoms with Crippen LogP contribution < -0.4 is 26.8 Å². The van der Waals surface area contributed by atoms with Crippen LogP contribution in [0, 0.1) is 0 Å². The summed E-state index contributed by atoms with van der Waals surface area (Å²) in [5.41, 5.74) is 4.20. The van der Waals surface area contributed by atoms with Crippen LogP contribution in [0.4, 0.5) is 4.79 Å². The van der Waals surface area contributed by atoms with Crippen LogP contribution in [0.25, 0.3) is 0 Å². The molecule has 0 saturated carbocycles. The molecule has 12 heteroatoms. The minimum Gasteiger partial charge on any atom is -0.347 e. The monoisotopic (exact) mass is 382 g/mol. The number of urea groups is 1. The Balaban J connectivity index is 2.13. The third-order valence-electron chi connectivity index (χ3n) is 3.21. The molecule has 0 aromatic carbocycles. The standard InChI is InChI=1S/C15H22N6O6/c1-2-6-16-15(27)20-19-12(24)9-18-11(23)8-17-10(22)5-7-21-13(25)3-4-14(21)26/h3-4H,2,5-9H2,1H3,(H,17,22)(H,18,23)(H,19,24)(H2,16,20,27). The van der Waals surface area contributed by atoms with Gasteiger partial charge in [-0.05, 0) is 6.42 Å². The fourth-order valence-corrected chi connectivity index (χ4v) is 1.83. The Morgan fingerprint density at radius 1 is 0.852 bits per heavy atom. The molecule has 0 radical (unpaired) electrons. The molecule has 0 aliphatic carbocycles. The number of carbonyl (C=O) groups is 6. The van der Waals surface area contributed by atoms with Crippen LogP contribution in [0.3, 0.4) is 0 Å². The Labute approximate surface area is 155 Å². The van der Waals surface area contributed by atoms with Crippen molar-refractivity contribution in [1.82, 2.24) is 31.7 Å². The lowest BCUT2D eigenvalue weighted by Gasteiger charge is -2.13. The highest BCUT2D eigenvalue weighted by Gasteiger charge is 2.23. The zero-order valence-corrected chi connectivity index (χ0v) is 14.8. The van der Waals surface area contributed by atoms with Gasteiger partial charge in [-0.25, -0.2) is 10.2 Å². The summed E-state index contributed by atoms with van der Waals surface area (Å²) < 4.78 is 0. The van der Waals surface area contributed by atoms with Crippen LogP contribution >= 0.6 is 0 Å². The lowest BCUT2D eigenvalue weighted by molar-refractivity contribution is -0.137. The normalized spacial score (nSPS) is 12.6. The lowest BCUT2D eigenvalue weighted by Crippen LogP contribution is -2.50. The molecule has 0 bridgehead atoms. The van der Waals surface area contributed by atoms with E-state index in [1.165, 1.54) is 0 Å². The van der Waals surface area contributed by atoms with Gasteiger partial charge >= 0.3 is 6.03 Å². The number of nitrogens with one attached hydrogen (secondary N) is 5. The van der Waals surface area contributed by atoms with Crippen molar-refractivity contribution in [1.29, 1.82) is 0 Å². The summed E-state index contributed by atoms with van der Waals surface area (Å²) in [5.74, 6) is -2.79. The van der Waals surface area contributed by atoms with Gasteiger partial charge in [0, 0.05) is 31.7 Å². The Bertz CT molecular complexity index is 629. The second kappa shape index (κ2) is 11.2. The molecule has 1 aliphatic heterocycles. The van der Waals surface area contributed by atoms with Crippen molar-refractivity contribution < 1.29 is 28.8 Å². The number of hydrazine groups is 1. The van der Waals surface area contributed by atoms with E-state index < -0.39 is 42.1 Å². The molecule has 0 spiro atoms. The van der Waals surface area contributed by atoms with Crippen molar-refractivity contribution in [2.45, 2.75) is 19.8 Å². The van der Waals surface area contributed by atoms with E-state index in [9.17, 15) is 28.8 Å². The maximum atomic E-state index is 11.6. The van der Waals surface area contributed by atoms with E-state index in [2.05, 4.69) is 26.8 Å². The van der Waals surface area contributed by atoms with Crippen LogP contribution in [-0.4, -0.2) is 66.6 Å². The quantitative estimate of drug-likeness (QED) is 0.214. The Kier molecular flexibility index (Phi) is 8.98. The van der Waals surface area contributed by atoms with Crippen molar-refractivity contribution in [2.75, 3.05) is 26.2 Å². The summed E-state index contributed by atoms with van der Waals surface area (Å²) in [5, 5.41) is 7.02. The summed E-state index contributed by atoms with van der Waals surface area (Å²) in [6.07, 6.45) is 2.82. The van der Waals surface area contributed by atoms with Gasteiger partial charge in [0.1, 0.15) is 0 Å². The molecular formula is C15H22N6O6. The third-order valence-corrected chi connectivity index (χ3v) is 3.21. The fraction of sp³-hybridized carbons (Fsp3) is 0.467. The first-order valence-electron chi connectivity index (χ1n) is 8.23. The van der Waals surface area contributed by atoms with E-state index in [4.69, 9.17) is 0 Å². The summed E-state index contributed by atoms with van der Waals surface area (Å²) in [7, 11) is 0. The van der Waals surface area contributed by atoms with Gasteiger partial charge in [0.2, 0.25) is 11.8 Å². The second-order valence-electron chi connectivity index (χ2n) is 5.39. The molecule has 0 atom stereocenters. The Hall–Kier alpha value is -3.44. The Morgan fingerprint density at radius 3 is 2.07 bits per heavy atom. The summed E-state index contributed by atoms with van der Waals surface area (Å²) in [6, 6.07) is -0.575. The maximum Gasteiger partial charge on any atom is 0.333 e. The largest absolute Gasteiger partial charge is 0.347 e. The molecule has 0 unspecified atom stereocenters. The molecule has 5 N–H and O–H groups in total. The van der Waals surface area contributed by atoms with Gasteiger partial charge in [-0.1, -0.05) is 6.92 Å². The fourth-order valence-electron chi connectivity index (χ4n) is 1.83. The van der Waals surface area contributed by atoms with E-state index in [1.807, 2.05) is 6.92 Å². The van der Waals surface area contributed by atoms with Crippen LogP contribution in [0.5, 0.6) is 0 Å². The SMILES string of the molecule is CCCNC(=O)NNC(=O)CNC(=O)CNC(=O)CCN1C(=O)C=CC1=O. The average molecular weight is 382 g/mol. The molecular weight excluding hydrogens is 360 g/mol. The van der Waals surface area contributed by atoms with Gasteiger partial charge in [0.05, 0.1) is 13.1 Å². The third kappa shape index (κ3) is 8.47. The van der Waals surface area contributed by atoms with Crippen molar-refractivity contribution in [3.8, 4) is 0 Å². The molecule has 7 amide bonds. The highest BCUT2D eigenvalue weighted by molar-refractivity contribution is 6.13. The molecule has 0 aromatic rings. The zero-order valence-electron chi connectivity index (χ0n) is 14.8. The van der Waals surface area contributed by atoms with Crippen molar-refractivity contribution >= 4 is 35.6 Å². The molecule has 1 rings (SSSR count).